The predicted molar refractivity (Wildman–Crippen MR) is 60.8 cm³/mol. The van der Waals surface area contributed by atoms with Crippen LogP contribution in [-0.2, 0) is 13.6 Å². The Hall–Kier alpha value is -2.10. The number of amides is 1. The molecule has 0 atom stereocenters. The van der Waals surface area contributed by atoms with E-state index in [2.05, 4.69) is 10.3 Å². The maximum Gasteiger partial charge on any atom is 0.251 e. The summed E-state index contributed by atoms with van der Waals surface area (Å²) in [5.41, 5.74) is 1.52. The van der Waals surface area contributed by atoms with Crippen LogP contribution in [0.3, 0.4) is 0 Å². The van der Waals surface area contributed by atoms with Gasteiger partial charge in [-0.2, -0.15) is 0 Å². The number of imidazole rings is 1. The minimum Gasteiger partial charge on any atom is -0.346 e. The molecule has 0 radical (unpaired) electrons. The number of hydrogen-bond donors (Lipinski definition) is 1. The molecule has 0 aliphatic rings. The third kappa shape index (κ3) is 2.48. The lowest BCUT2D eigenvalue weighted by molar-refractivity contribution is 0.0950. The van der Waals surface area contributed by atoms with E-state index < -0.39 is 0 Å². The summed E-state index contributed by atoms with van der Waals surface area (Å²) in [5.74, 6) is -0.0775. The third-order valence-corrected chi connectivity index (χ3v) is 2.22. The Bertz CT molecular complexity index is 476. The molecular formula is C12H13N3O. The van der Waals surface area contributed by atoms with Crippen LogP contribution in [0.25, 0.3) is 0 Å². The van der Waals surface area contributed by atoms with Crippen LogP contribution < -0.4 is 5.32 Å². The van der Waals surface area contributed by atoms with Gasteiger partial charge in [-0.3, -0.25) is 4.79 Å². The molecule has 0 unspecified atom stereocenters. The quantitative estimate of drug-likeness (QED) is 0.840. The van der Waals surface area contributed by atoms with E-state index in [-0.39, 0.29) is 5.91 Å². The minimum absolute atomic E-state index is 0.0775. The molecule has 0 aliphatic heterocycles. The zero-order chi connectivity index (χ0) is 11.4. The van der Waals surface area contributed by atoms with Crippen molar-refractivity contribution < 1.29 is 4.79 Å². The second kappa shape index (κ2) is 4.61. The Kier molecular flexibility index (Phi) is 3.00. The van der Waals surface area contributed by atoms with Crippen molar-refractivity contribution in [1.29, 1.82) is 0 Å². The van der Waals surface area contributed by atoms with E-state index in [1.165, 1.54) is 0 Å². The molecule has 4 nitrogen and oxygen atoms in total. The van der Waals surface area contributed by atoms with Gasteiger partial charge in [-0.1, -0.05) is 18.2 Å². The van der Waals surface area contributed by atoms with E-state index in [1.807, 2.05) is 36.0 Å². The maximum absolute atomic E-state index is 11.7. The normalized spacial score (nSPS) is 10.1. The van der Waals surface area contributed by atoms with Gasteiger partial charge >= 0.3 is 0 Å². The fourth-order valence-electron chi connectivity index (χ4n) is 1.42. The van der Waals surface area contributed by atoms with Gasteiger partial charge in [-0.05, 0) is 12.1 Å². The smallest absolute Gasteiger partial charge is 0.251 e. The first-order chi connectivity index (χ1) is 7.75. The molecule has 1 amide bonds. The average molecular weight is 215 g/mol. The summed E-state index contributed by atoms with van der Waals surface area (Å²) in [4.78, 5) is 15.8. The summed E-state index contributed by atoms with van der Waals surface area (Å²) in [5, 5.41) is 2.81. The fraction of sp³-hybridized carbons (Fsp3) is 0.167. The number of carbonyl (C=O) groups is 1. The number of hydrogen-bond acceptors (Lipinski definition) is 2. The number of nitrogens with zero attached hydrogens (tertiary/aromatic N) is 2. The van der Waals surface area contributed by atoms with Gasteiger partial charge in [0.05, 0.1) is 18.6 Å². The molecule has 1 N–H and O–H groups in total. The van der Waals surface area contributed by atoms with Gasteiger partial charge in [0.2, 0.25) is 0 Å². The summed E-state index contributed by atoms with van der Waals surface area (Å²) in [6.07, 6.45) is 3.59. The number of benzene rings is 1. The van der Waals surface area contributed by atoms with E-state index in [4.69, 9.17) is 0 Å². The van der Waals surface area contributed by atoms with Crippen molar-refractivity contribution in [2.75, 3.05) is 0 Å². The fourth-order valence-corrected chi connectivity index (χ4v) is 1.42. The van der Waals surface area contributed by atoms with Crippen LogP contribution in [0.1, 0.15) is 16.1 Å². The summed E-state index contributed by atoms with van der Waals surface area (Å²) < 4.78 is 1.85. The molecule has 82 valence electrons. The highest BCUT2D eigenvalue weighted by molar-refractivity contribution is 5.93. The van der Waals surface area contributed by atoms with Gasteiger partial charge in [0.25, 0.3) is 5.91 Å². The molecule has 1 aromatic heterocycles. The van der Waals surface area contributed by atoms with E-state index >= 15 is 0 Å². The lowest BCUT2D eigenvalue weighted by Crippen LogP contribution is -2.22. The summed E-state index contributed by atoms with van der Waals surface area (Å²) >= 11 is 0. The molecule has 4 heteroatoms. The molecule has 0 saturated heterocycles. The van der Waals surface area contributed by atoms with E-state index in [0.29, 0.717) is 12.1 Å². The third-order valence-electron chi connectivity index (χ3n) is 2.22. The highest BCUT2D eigenvalue weighted by Crippen LogP contribution is 1.99. The Balaban J connectivity index is 1.94. The van der Waals surface area contributed by atoms with Gasteiger partial charge in [-0.25, -0.2) is 4.98 Å². The predicted octanol–water partition coefficient (Wildman–Crippen LogP) is 1.35. The van der Waals surface area contributed by atoms with E-state index in [1.54, 1.807) is 18.5 Å². The first-order valence-electron chi connectivity index (χ1n) is 5.06. The van der Waals surface area contributed by atoms with Crippen molar-refractivity contribution in [2.45, 2.75) is 6.54 Å². The number of aryl methyl sites for hydroxylation is 1. The Morgan fingerprint density at radius 3 is 2.75 bits per heavy atom. The number of aromatic nitrogens is 2. The Morgan fingerprint density at radius 1 is 1.38 bits per heavy atom. The van der Waals surface area contributed by atoms with Crippen molar-refractivity contribution in [1.82, 2.24) is 14.9 Å². The molecule has 1 heterocycles. The van der Waals surface area contributed by atoms with Gasteiger partial charge in [0, 0.05) is 18.8 Å². The second-order valence-corrected chi connectivity index (χ2v) is 3.58. The molecule has 16 heavy (non-hydrogen) atoms. The molecule has 2 aromatic rings. The van der Waals surface area contributed by atoms with E-state index in [0.717, 1.165) is 5.69 Å². The van der Waals surface area contributed by atoms with Crippen LogP contribution in [0.2, 0.25) is 0 Å². The van der Waals surface area contributed by atoms with Gasteiger partial charge in [-0.15, -0.1) is 0 Å². The minimum atomic E-state index is -0.0775. The van der Waals surface area contributed by atoms with Crippen LogP contribution in [0.15, 0.2) is 42.9 Å². The van der Waals surface area contributed by atoms with Gasteiger partial charge in [0.1, 0.15) is 0 Å². The summed E-state index contributed by atoms with van der Waals surface area (Å²) in [6.45, 7) is 0.453. The Labute approximate surface area is 93.9 Å². The van der Waals surface area contributed by atoms with Crippen LogP contribution in [0.5, 0.6) is 0 Å². The zero-order valence-electron chi connectivity index (χ0n) is 9.05. The molecular weight excluding hydrogens is 202 g/mol. The molecule has 0 spiro atoms. The zero-order valence-corrected chi connectivity index (χ0v) is 9.05. The topological polar surface area (TPSA) is 46.9 Å². The monoisotopic (exact) mass is 215 g/mol. The SMILES string of the molecule is Cn1cnc(CNC(=O)c2ccccc2)c1. The second-order valence-electron chi connectivity index (χ2n) is 3.58. The number of carbonyl (C=O) groups excluding carboxylic acids is 1. The lowest BCUT2D eigenvalue weighted by atomic mass is 10.2. The average Bonchev–Trinajstić information content (AvgIpc) is 2.73. The lowest BCUT2D eigenvalue weighted by Gasteiger charge is -2.02. The largest absolute Gasteiger partial charge is 0.346 e. The highest BCUT2D eigenvalue weighted by Gasteiger charge is 2.04. The van der Waals surface area contributed by atoms with Crippen molar-refractivity contribution in [3.05, 3.63) is 54.1 Å². The van der Waals surface area contributed by atoms with Crippen molar-refractivity contribution in [3.8, 4) is 0 Å². The first kappa shape index (κ1) is 10.4. The molecule has 0 aliphatic carbocycles. The number of rotatable bonds is 3. The Morgan fingerprint density at radius 2 is 2.12 bits per heavy atom. The molecule has 0 fully saturated rings. The van der Waals surface area contributed by atoms with Crippen LogP contribution in [0.4, 0.5) is 0 Å². The van der Waals surface area contributed by atoms with Crippen molar-refractivity contribution in [2.24, 2.45) is 7.05 Å². The summed E-state index contributed by atoms with van der Waals surface area (Å²) in [7, 11) is 1.90. The van der Waals surface area contributed by atoms with Gasteiger partial charge < -0.3 is 9.88 Å². The molecule has 1 aromatic carbocycles. The van der Waals surface area contributed by atoms with Crippen molar-refractivity contribution >= 4 is 5.91 Å². The highest BCUT2D eigenvalue weighted by atomic mass is 16.1. The standard InChI is InChI=1S/C12H13N3O/c1-15-8-11(14-9-15)7-13-12(16)10-5-3-2-4-6-10/h2-6,8-9H,7H2,1H3,(H,13,16). The molecule has 2 rings (SSSR count). The summed E-state index contributed by atoms with van der Waals surface area (Å²) in [6, 6.07) is 9.14. The van der Waals surface area contributed by atoms with Crippen molar-refractivity contribution in [3.63, 3.8) is 0 Å². The first-order valence-corrected chi connectivity index (χ1v) is 5.06. The van der Waals surface area contributed by atoms with Crippen LogP contribution in [-0.4, -0.2) is 15.5 Å². The van der Waals surface area contributed by atoms with Crippen LogP contribution in [0, 0.1) is 0 Å². The number of nitrogens with one attached hydrogen (secondary N) is 1. The maximum atomic E-state index is 11.7. The molecule has 0 bridgehead atoms. The van der Waals surface area contributed by atoms with Crippen LogP contribution >= 0.6 is 0 Å². The van der Waals surface area contributed by atoms with Gasteiger partial charge in [0.15, 0.2) is 0 Å². The molecule has 0 saturated carbocycles. The van der Waals surface area contributed by atoms with E-state index in [9.17, 15) is 4.79 Å².